The Morgan fingerprint density at radius 2 is 1.19 bits per heavy atom. The van der Waals surface area contributed by atoms with Crippen LogP contribution in [-0.4, -0.2) is 47.5 Å². The molecule has 0 radical (unpaired) electrons. The first-order valence-corrected chi connectivity index (χ1v) is 7.77. The molecule has 1 heterocycles. The van der Waals surface area contributed by atoms with Crippen LogP contribution >= 0.6 is 0 Å². The summed E-state index contributed by atoms with van der Waals surface area (Å²) in [6.07, 6.45) is 0. The Morgan fingerprint density at radius 3 is 1.48 bits per heavy atom. The highest BCUT2D eigenvalue weighted by atomic mass is 16.2. The molecule has 0 aromatic heterocycles. The lowest BCUT2D eigenvalue weighted by atomic mass is 9.93. The lowest BCUT2D eigenvalue weighted by Crippen LogP contribution is -2.64. The minimum atomic E-state index is -0.450. The van der Waals surface area contributed by atoms with E-state index in [-0.39, 0.29) is 35.2 Å². The average Bonchev–Trinajstić information content (AvgIpc) is 2.43. The van der Waals surface area contributed by atoms with Crippen LogP contribution in [0.25, 0.3) is 0 Å². The van der Waals surface area contributed by atoms with Crippen LogP contribution in [0.5, 0.6) is 0 Å². The van der Waals surface area contributed by atoms with Gasteiger partial charge in [-0.1, -0.05) is 41.5 Å². The van der Waals surface area contributed by atoms with Crippen molar-refractivity contribution in [2.45, 2.75) is 53.6 Å². The zero-order valence-electron chi connectivity index (χ0n) is 14.0. The fraction of sp³-hybridized carbons (Fsp3) is 0.812. The van der Waals surface area contributed by atoms with E-state index in [2.05, 4.69) is 5.32 Å². The molecule has 0 bridgehead atoms. The fourth-order valence-corrected chi connectivity index (χ4v) is 2.56. The van der Waals surface area contributed by atoms with Crippen LogP contribution in [0.2, 0.25) is 0 Å². The number of hydrogen-bond acceptors (Lipinski definition) is 4. The Labute approximate surface area is 127 Å². The lowest BCUT2D eigenvalue weighted by Gasteiger charge is -2.39. The van der Waals surface area contributed by atoms with Gasteiger partial charge in [0.05, 0.1) is 12.1 Å². The maximum Gasteiger partial charge on any atom is 0.225 e. The van der Waals surface area contributed by atoms with Crippen LogP contribution in [0.4, 0.5) is 0 Å². The first kappa shape index (κ1) is 17.8. The Hall–Kier alpha value is -1.23. The summed E-state index contributed by atoms with van der Waals surface area (Å²) < 4.78 is 0. The molecule has 1 amide bonds. The molecule has 2 unspecified atom stereocenters. The van der Waals surface area contributed by atoms with Crippen molar-refractivity contribution < 1.29 is 14.4 Å². The number of ketones is 2. The minimum Gasteiger partial charge on any atom is -0.338 e. The lowest BCUT2D eigenvalue weighted by molar-refractivity contribution is -0.140. The molecule has 1 aliphatic heterocycles. The highest BCUT2D eigenvalue weighted by molar-refractivity contribution is 5.91. The summed E-state index contributed by atoms with van der Waals surface area (Å²) in [6.45, 7) is 11.7. The second-order valence-electron chi connectivity index (χ2n) is 6.78. The molecule has 0 saturated carbocycles. The molecule has 1 aliphatic rings. The SMILES string of the molecule is CC(C)C(=O)C1CN(C(=O)C(C)C)CC(C(=O)C(C)C)N1. The van der Waals surface area contributed by atoms with E-state index in [1.54, 1.807) is 4.90 Å². The molecule has 1 fully saturated rings. The van der Waals surface area contributed by atoms with Crippen LogP contribution in [0.3, 0.4) is 0 Å². The highest BCUT2D eigenvalue weighted by Crippen LogP contribution is 2.15. The van der Waals surface area contributed by atoms with Crippen LogP contribution in [0.1, 0.15) is 41.5 Å². The van der Waals surface area contributed by atoms with Gasteiger partial charge in [0, 0.05) is 30.8 Å². The quantitative estimate of drug-likeness (QED) is 0.829. The van der Waals surface area contributed by atoms with Gasteiger partial charge in [-0.3, -0.25) is 19.7 Å². The maximum absolute atomic E-state index is 12.3. The summed E-state index contributed by atoms with van der Waals surface area (Å²) in [6, 6.07) is -0.900. The number of carbonyl (C=O) groups is 3. The third-order valence-corrected chi connectivity index (χ3v) is 3.84. The van der Waals surface area contributed by atoms with E-state index in [4.69, 9.17) is 0 Å². The molecule has 0 spiro atoms. The predicted octanol–water partition coefficient (Wildman–Crippen LogP) is 1.26. The molecule has 1 saturated heterocycles. The van der Waals surface area contributed by atoms with E-state index < -0.39 is 12.1 Å². The van der Waals surface area contributed by atoms with Gasteiger partial charge in [0.15, 0.2) is 11.6 Å². The van der Waals surface area contributed by atoms with Gasteiger partial charge in [0.25, 0.3) is 0 Å². The largest absolute Gasteiger partial charge is 0.338 e. The molecular weight excluding hydrogens is 268 g/mol. The molecule has 1 N–H and O–H groups in total. The van der Waals surface area contributed by atoms with Crippen molar-refractivity contribution in [1.29, 1.82) is 0 Å². The summed E-state index contributed by atoms with van der Waals surface area (Å²) >= 11 is 0. The van der Waals surface area contributed by atoms with Crippen LogP contribution in [-0.2, 0) is 14.4 Å². The second-order valence-corrected chi connectivity index (χ2v) is 6.78. The van der Waals surface area contributed by atoms with E-state index in [0.29, 0.717) is 13.1 Å². The Kier molecular flexibility index (Phi) is 6.08. The molecule has 1 rings (SSSR count). The Balaban J connectivity index is 2.95. The van der Waals surface area contributed by atoms with Gasteiger partial charge in [0.1, 0.15) is 0 Å². The fourth-order valence-electron chi connectivity index (χ4n) is 2.56. The number of nitrogens with zero attached hydrogens (tertiary/aromatic N) is 1. The van der Waals surface area contributed by atoms with Crippen molar-refractivity contribution in [1.82, 2.24) is 10.2 Å². The van der Waals surface area contributed by atoms with Gasteiger partial charge in [-0.2, -0.15) is 0 Å². The highest BCUT2D eigenvalue weighted by Gasteiger charge is 2.37. The summed E-state index contributed by atoms with van der Waals surface area (Å²) in [4.78, 5) is 38.4. The van der Waals surface area contributed by atoms with Crippen LogP contribution < -0.4 is 5.32 Å². The molecule has 0 aliphatic carbocycles. The normalized spacial score (nSPS) is 23.0. The zero-order valence-corrected chi connectivity index (χ0v) is 14.0. The first-order valence-electron chi connectivity index (χ1n) is 7.77. The smallest absolute Gasteiger partial charge is 0.225 e. The summed E-state index contributed by atoms with van der Waals surface area (Å²) in [7, 11) is 0. The van der Waals surface area contributed by atoms with E-state index in [9.17, 15) is 14.4 Å². The van der Waals surface area contributed by atoms with Crippen molar-refractivity contribution in [3.05, 3.63) is 0 Å². The van der Waals surface area contributed by atoms with Crippen LogP contribution in [0.15, 0.2) is 0 Å². The van der Waals surface area contributed by atoms with Crippen LogP contribution in [0, 0.1) is 17.8 Å². The van der Waals surface area contributed by atoms with Crippen molar-refractivity contribution in [3.63, 3.8) is 0 Å². The first-order chi connectivity index (χ1) is 9.65. The number of rotatable bonds is 5. The van der Waals surface area contributed by atoms with Gasteiger partial charge in [-0.05, 0) is 0 Å². The maximum atomic E-state index is 12.3. The third kappa shape index (κ3) is 4.37. The van der Waals surface area contributed by atoms with E-state index in [1.165, 1.54) is 0 Å². The standard InChI is InChI=1S/C16H28N2O3/c1-9(2)14(19)12-7-18(16(21)11(5)6)8-13(17-12)15(20)10(3)4/h9-13,17H,7-8H2,1-6H3. The molecule has 5 heteroatoms. The van der Waals surface area contributed by atoms with Gasteiger partial charge < -0.3 is 4.90 Å². The molecule has 0 aromatic rings. The Morgan fingerprint density at radius 1 is 0.810 bits per heavy atom. The van der Waals surface area contributed by atoms with Gasteiger partial charge in [-0.25, -0.2) is 0 Å². The van der Waals surface area contributed by atoms with E-state index in [1.807, 2.05) is 41.5 Å². The van der Waals surface area contributed by atoms with E-state index >= 15 is 0 Å². The monoisotopic (exact) mass is 296 g/mol. The summed E-state index contributed by atoms with van der Waals surface area (Å²) in [5, 5.41) is 3.15. The molecular formula is C16H28N2O3. The number of piperazine rings is 1. The topological polar surface area (TPSA) is 66.5 Å². The van der Waals surface area contributed by atoms with Gasteiger partial charge in [-0.15, -0.1) is 0 Å². The number of hydrogen-bond donors (Lipinski definition) is 1. The van der Waals surface area contributed by atoms with E-state index in [0.717, 1.165) is 0 Å². The molecule has 120 valence electrons. The number of carbonyl (C=O) groups excluding carboxylic acids is 3. The van der Waals surface area contributed by atoms with Crippen molar-refractivity contribution in [2.24, 2.45) is 17.8 Å². The summed E-state index contributed by atoms with van der Waals surface area (Å²) in [5.74, 6) is -0.263. The molecule has 2 atom stereocenters. The van der Waals surface area contributed by atoms with Crippen molar-refractivity contribution >= 4 is 17.5 Å². The van der Waals surface area contributed by atoms with Crippen molar-refractivity contribution in [2.75, 3.05) is 13.1 Å². The Bertz CT molecular complexity index is 348. The third-order valence-electron chi connectivity index (χ3n) is 3.84. The zero-order chi connectivity index (χ0) is 16.3. The summed E-state index contributed by atoms with van der Waals surface area (Å²) in [5.41, 5.74) is 0. The number of Topliss-reactive ketones (excluding diaryl/α,β-unsaturated/α-hetero) is 2. The molecule has 5 nitrogen and oxygen atoms in total. The number of amides is 1. The van der Waals surface area contributed by atoms with Crippen molar-refractivity contribution in [3.8, 4) is 0 Å². The minimum absolute atomic E-state index is 0.000359. The number of nitrogens with one attached hydrogen (secondary N) is 1. The average molecular weight is 296 g/mol. The molecule has 0 aromatic carbocycles. The van der Waals surface area contributed by atoms with Gasteiger partial charge in [0.2, 0.25) is 5.91 Å². The predicted molar refractivity (Wildman–Crippen MR) is 81.8 cm³/mol. The van der Waals surface area contributed by atoms with Gasteiger partial charge >= 0.3 is 0 Å². The molecule has 21 heavy (non-hydrogen) atoms. The second kappa shape index (κ2) is 7.16.